The van der Waals surface area contributed by atoms with Crippen LogP contribution in [0, 0.1) is 0 Å². The van der Waals surface area contributed by atoms with E-state index in [2.05, 4.69) is 33.4 Å². The van der Waals surface area contributed by atoms with E-state index in [-0.39, 0.29) is 0 Å². The number of ether oxygens (including phenoxy) is 1. The second-order valence-corrected chi connectivity index (χ2v) is 6.03. The van der Waals surface area contributed by atoms with Gasteiger partial charge in [0.1, 0.15) is 5.75 Å². The van der Waals surface area contributed by atoms with Crippen LogP contribution in [-0.2, 0) is 13.0 Å². The van der Waals surface area contributed by atoms with E-state index in [0.717, 1.165) is 34.5 Å². The zero-order chi connectivity index (χ0) is 14.1. The standard InChI is InChI=1S/C15H14BrClN2O/c16-11-6-9-4-5-20-15(9)10(7-11)8-19-14-12(17)2-1-3-13(14)18/h1-3,6-7,19H,4-5,8,18H2. The van der Waals surface area contributed by atoms with Crippen molar-refractivity contribution >= 4 is 38.9 Å². The fraction of sp³-hybridized carbons (Fsp3) is 0.200. The highest BCUT2D eigenvalue weighted by atomic mass is 79.9. The van der Waals surface area contributed by atoms with Gasteiger partial charge < -0.3 is 15.8 Å². The summed E-state index contributed by atoms with van der Waals surface area (Å²) in [5, 5.41) is 3.92. The molecule has 0 fully saturated rings. The molecule has 2 aromatic rings. The second-order valence-electron chi connectivity index (χ2n) is 4.71. The monoisotopic (exact) mass is 352 g/mol. The molecule has 0 aliphatic carbocycles. The van der Waals surface area contributed by atoms with Gasteiger partial charge in [-0.05, 0) is 29.8 Å². The lowest BCUT2D eigenvalue weighted by Gasteiger charge is -2.13. The van der Waals surface area contributed by atoms with Crippen LogP contribution in [0.25, 0.3) is 0 Å². The number of hydrogen-bond acceptors (Lipinski definition) is 3. The summed E-state index contributed by atoms with van der Waals surface area (Å²) >= 11 is 9.70. The molecule has 2 aromatic carbocycles. The summed E-state index contributed by atoms with van der Waals surface area (Å²) in [6, 6.07) is 9.65. The van der Waals surface area contributed by atoms with Gasteiger partial charge in [-0.1, -0.05) is 33.6 Å². The fourth-order valence-corrected chi connectivity index (χ4v) is 3.19. The van der Waals surface area contributed by atoms with Gasteiger partial charge in [-0.25, -0.2) is 0 Å². The van der Waals surface area contributed by atoms with Gasteiger partial charge in [0.15, 0.2) is 0 Å². The Hall–Kier alpha value is -1.39. The number of fused-ring (bicyclic) bond motifs is 1. The Bertz CT molecular complexity index is 640. The lowest BCUT2D eigenvalue weighted by Crippen LogP contribution is -2.04. The lowest BCUT2D eigenvalue weighted by molar-refractivity contribution is 0.354. The highest BCUT2D eigenvalue weighted by Gasteiger charge is 2.17. The quantitative estimate of drug-likeness (QED) is 0.812. The zero-order valence-electron chi connectivity index (χ0n) is 10.7. The Kier molecular flexibility index (Phi) is 3.76. The number of hydrogen-bond donors (Lipinski definition) is 2. The largest absolute Gasteiger partial charge is 0.493 e. The van der Waals surface area contributed by atoms with E-state index >= 15 is 0 Å². The maximum atomic E-state index is 6.16. The minimum atomic E-state index is 0.621. The minimum absolute atomic E-state index is 0.621. The molecule has 104 valence electrons. The maximum absolute atomic E-state index is 6.16. The predicted octanol–water partition coefficient (Wildman–Crippen LogP) is 4.23. The summed E-state index contributed by atoms with van der Waals surface area (Å²) in [6.07, 6.45) is 0.954. The molecule has 3 rings (SSSR count). The average molecular weight is 354 g/mol. The Morgan fingerprint density at radius 3 is 3.00 bits per heavy atom. The normalized spacial score (nSPS) is 12.9. The van der Waals surface area contributed by atoms with Crippen LogP contribution in [0.15, 0.2) is 34.8 Å². The average Bonchev–Trinajstić information content (AvgIpc) is 2.86. The number of nitrogens with two attached hydrogens (primary N) is 1. The van der Waals surface area contributed by atoms with E-state index in [1.165, 1.54) is 5.56 Å². The van der Waals surface area contributed by atoms with E-state index in [1.54, 1.807) is 0 Å². The lowest BCUT2D eigenvalue weighted by atomic mass is 10.1. The molecule has 0 aromatic heterocycles. The Labute approximate surface area is 131 Å². The first kappa shape index (κ1) is 13.6. The SMILES string of the molecule is Nc1cccc(Cl)c1NCc1cc(Br)cc2c1OCC2. The highest BCUT2D eigenvalue weighted by Crippen LogP contribution is 2.34. The van der Waals surface area contributed by atoms with Crippen LogP contribution in [0.2, 0.25) is 5.02 Å². The number of rotatable bonds is 3. The first-order valence-electron chi connectivity index (χ1n) is 6.37. The second kappa shape index (κ2) is 5.54. The van der Waals surface area contributed by atoms with Crippen molar-refractivity contribution in [3.63, 3.8) is 0 Å². The van der Waals surface area contributed by atoms with Crippen molar-refractivity contribution in [2.45, 2.75) is 13.0 Å². The van der Waals surface area contributed by atoms with Gasteiger partial charge >= 0.3 is 0 Å². The van der Waals surface area contributed by atoms with Gasteiger partial charge in [0.2, 0.25) is 0 Å². The molecule has 0 bridgehead atoms. The van der Waals surface area contributed by atoms with E-state index in [1.807, 2.05) is 18.2 Å². The van der Waals surface area contributed by atoms with Crippen LogP contribution >= 0.6 is 27.5 Å². The Morgan fingerprint density at radius 2 is 2.20 bits per heavy atom. The van der Waals surface area contributed by atoms with Crippen LogP contribution in [-0.4, -0.2) is 6.61 Å². The van der Waals surface area contributed by atoms with Crippen molar-refractivity contribution < 1.29 is 4.74 Å². The number of para-hydroxylation sites is 1. The molecule has 5 heteroatoms. The molecule has 0 radical (unpaired) electrons. The molecular weight excluding hydrogens is 340 g/mol. The van der Waals surface area contributed by atoms with Crippen LogP contribution in [0.3, 0.4) is 0 Å². The van der Waals surface area contributed by atoms with E-state index < -0.39 is 0 Å². The van der Waals surface area contributed by atoms with Gasteiger partial charge in [-0.2, -0.15) is 0 Å². The van der Waals surface area contributed by atoms with Crippen molar-refractivity contribution in [1.29, 1.82) is 0 Å². The fourth-order valence-electron chi connectivity index (χ4n) is 2.39. The number of nitrogens with one attached hydrogen (secondary N) is 1. The third-order valence-electron chi connectivity index (χ3n) is 3.33. The molecule has 20 heavy (non-hydrogen) atoms. The van der Waals surface area contributed by atoms with Crippen LogP contribution < -0.4 is 15.8 Å². The van der Waals surface area contributed by atoms with Gasteiger partial charge in [-0.15, -0.1) is 0 Å². The topological polar surface area (TPSA) is 47.3 Å². The predicted molar refractivity (Wildman–Crippen MR) is 86.5 cm³/mol. The van der Waals surface area contributed by atoms with Crippen molar-refractivity contribution in [3.05, 3.63) is 51.0 Å². The maximum Gasteiger partial charge on any atom is 0.127 e. The number of nitrogen functional groups attached to an aromatic ring is 1. The first-order chi connectivity index (χ1) is 9.65. The summed E-state index contributed by atoms with van der Waals surface area (Å²) < 4.78 is 6.77. The van der Waals surface area contributed by atoms with Gasteiger partial charge in [-0.3, -0.25) is 0 Å². The van der Waals surface area contributed by atoms with E-state index in [4.69, 9.17) is 22.1 Å². The number of halogens is 2. The summed E-state index contributed by atoms with van der Waals surface area (Å²) in [4.78, 5) is 0. The summed E-state index contributed by atoms with van der Waals surface area (Å²) in [5.74, 6) is 0.978. The minimum Gasteiger partial charge on any atom is -0.493 e. The third-order valence-corrected chi connectivity index (χ3v) is 4.10. The number of benzene rings is 2. The molecule has 1 aliphatic heterocycles. The molecule has 0 unspecified atom stereocenters. The third kappa shape index (κ3) is 2.58. The molecule has 1 heterocycles. The van der Waals surface area contributed by atoms with Gasteiger partial charge in [0, 0.05) is 23.0 Å². The van der Waals surface area contributed by atoms with Crippen molar-refractivity contribution in [2.24, 2.45) is 0 Å². The molecule has 0 saturated carbocycles. The van der Waals surface area contributed by atoms with E-state index in [9.17, 15) is 0 Å². The van der Waals surface area contributed by atoms with Crippen molar-refractivity contribution in [3.8, 4) is 5.75 Å². The van der Waals surface area contributed by atoms with Crippen molar-refractivity contribution in [1.82, 2.24) is 0 Å². The molecule has 3 nitrogen and oxygen atoms in total. The van der Waals surface area contributed by atoms with Gasteiger partial charge in [0.05, 0.1) is 23.0 Å². The smallest absolute Gasteiger partial charge is 0.127 e. The molecule has 0 atom stereocenters. The molecule has 0 saturated heterocycles. The molecule has 3 N–H and O–H groups in total. The summed E-state index contributed by atoms with van der Waals surface area (Å²) in [7, 11) is 0. The Morgan fingerprint density at radius 1 is 1.35 bits per heavy atom. The molecule has 0 spiro atoms. The molecule has 0 amide bonds. The zero-order valence-corrected chi connectivity index (χ0v) is 13.1. The van der Waals surface area contributed by atoms with Crippen LogP contribution in [0.4, 0.5) is 11.4 Å². The highest BCUT2D eigenvalue weighted by molar-refractivity contribution is 9.10. The first-order valence-corrected chi connectivity index (χ1v) is 7.54. The van der Waals surface area contributed by atoms with Gasteiger partial charge in [0.25, 0.3) is 0 Å². The number of anilines is 2. The van der Waals surface area contributed by atoms with Crippen molar-refractivity contribution in [2.75, 3.05) is 17.7 Å². The van der Waals surface area contributed by atoms with Crippen LogP contribution in [0.5, 0.6) is 5.75 Å². The molecular formula is C15H14BrClN2O. The summed E-state index contributed by atoms with van der Waals surface area (Å²) in [6.45, 7) is 1.36. The molecule has 1 aliphatic rings. The van der Waals surface area contributed by atoms with E-state index in [0.29, 0.717) is 17.3 Å². The Balaban J connectivity index is 1.86. The summed E-state index contributed by atoms with van der Waals surface area (Å²) in [5.41, 5.74) is 9.69. The van der Waals surface area contributed by atoms with Crippen LogP contribution in [0.1, 0.15) is 11.1 Å².